The molecule has 2 aliphatic heterocycles. The minimum Gasteiger partial charge on any atom is -0.453 e. The van der Waals surface area contributed by atoms with Gasteiger partial charge in [0.05, 0.1) is 43.0 Å². The van der Waals surface area contributed by atoms with E-state index in [0.717, 1.165) is 81.7 Å². The molecule has 12 heteroatoms. The Morgan fingerprint density at radius 3 is 1.84 bits per heavy atom. The van der Waals surface area contributed by atoms with Crippen molar-refractivity contribution in [3.05, 3.63) is 121 Å². The molecule has 2 saturated heterocycles. The van der Waals surface area contributed by atoms with Crippen LogP contribution >= 0.6 is 0 Å². The van der Waals surface area contributed by atoms with Gasteiger partial charge in [-0.05, 0) is 76.8 Å². The van der Waals surface area contributed by atoms with Crippen LogP contribution in [-0.4, -0.2) is 79.0 Å². The van der Waals surface area contributed by atoms with Crippen molar-refractivity contribution >= 4 is 28.7 Å². The van der Waals surface area contributed by atoms with Gasteiger partial charge in [-0.2, -0.15) is 0 Å². The number of hydrogen-bond donors (Lipinski definition) is 4. The number of amides is 3. The lowest BCUT2D eigenvalue weighted by atomic mass is 9.98. The number of methoxy groups -OCH3 is 1. The van der Waals surface area contributed by atoms with Crippen molar-refractivity contribution in [3.63, 3.8) is 0 Å². The van der Waals surface area contributed by atoms with E-state index in [9.17, 15) is 19.5 Å². The van der Waals surface area contributed by atoms with Gasteiger partial charge < -0.3 is 34.9 Å². The highest BCUT2D eigenvalue weighted by Crippen LogP contribution is 2.36. The van der Waals surface area contributed by atoms with Crippen LogP contribution in [-0.2, 0) is 14.3 Å². The molecule has 2 aromatic heterocycles. The fraction of sp³-hybridized carbons (Fsp3) is 0.311. The fourth-order valence-electron chi connectivity index (χ4n) is 8.18. The molecule has 57 heavy (non-hydrogen) atoms. The number of alkyl carbamates (subject to hydrolysis) is 1. The highest BCUT2D eigenvalue weighted by atomic mass is 16.5. The number of fused-ring (bicyclic) bond motifs is 1. The number of carbonyl (C=O) groups excluding carboxylic acids is 3. The predicted octanol–water partition coefficient (Wildman–Crippen LogP) is 7.73. The van der Waals surface area contributed by atoms with Gasteiger partial charge in [-0.3, -0.25) is 9.59 Å². The molecular formula is C45H47N7O5. The second-order valence-electron chi connectivity index (χ2n) is 15.3. The third-order valence-electron chi connectivity index (χ3n) is 11.3. The Bertz CT molecular complexity index is 2390. The summed E-state index contributed by atoms with van der Waals surface area (Å²) in [6.45, 7) is 4.99. The molecule has 4 unspecified atom stereocenters. The van der Waals surface area contributed by atoms with Crippen LogP contribution in [0, 0.1) is 5.92 Å². The van der Waals surface area contributed by atoms with Crippen LogP contribution in [0.4, 0.5) is 4.79 Å². The second-order valence-corrected chi connectivity index (χ2v) is 15.3. The topological polar surface area (TPSA) is 157 Å². The van der Waals surface area contributed by atoms with Crippen molar-refractivity contribution < 1.29 is 24.2 Å². The molecule has 4 heterocycles. The van der Waals surface area contributed by atoms with Gasteiger partial charge in [0.2, 0.25) is 5.91 Å². The van der Waals surface area contributed by atoms with Gasteiger partial charge in [-0.1, -0.05) is 92.7 Å². The lowest BCUT2D eigenvalue weighted by molar-refractivity contribution is -0.141. The molecule has 4 N–H and O–H groups in total. The van der Waals surface area contributed by atoms with Gasteiger partial charge in [0.25, 0.3) is 5.91 Å². The fourth-order valence-corrected chi connectivity index (χ4v) is 8.18. The largest absolute Gasteiger partial charge is 0.453 e. The van der Waals surface area contributed by atoms with E-state index in [1.807, 2.05) is 49.3 Å². The number of aromatic amines is 2. The normalized spacial score (nSPS) is 17.9. The Hall–Kier alpha value is -6.27. The summed E-state index contributed by atoms with van der Waals surface area (Å²) in [7, 11) is 1.29. The van der Waals surface area contributed by atoms with Gasteiger partial charge in [0, 0.05) is 18.7 Å². The van der Waals surface area contributed by atoms with Crippen LogP contribution in [0.5, 0.6) is 0 Å². The number of aromatic nitrogens is 4. The third-order valence-corrected chi connectivity index (χ3v) is 11.3. The Labute approximate surface area is 331 Å². The highest BCUT2D eigenvalue weighted by Gasteiger charge is 2.38. The van der Waals surface area contributed by atoms with E-state index in [2.05, 4.69) is 80.9 Å². The van der Waals surface area contributed by atoms with Crippen molar-refractivity contribution in [2.24, 2.45) is 5.92 Å². The number of aliphatic hydroxyl groups is 1. The maximum absolute atomic E-state index is 13.6. The number of likely N-dealkylation sites (tertiary alicyclic amines) is 2. The first-order valence-corrected chi connectivity index (χ1v) is 19.6. The summed E-state index contributed by atoms with van der Waals surface area (Å²) in [6, 6.07) is 29.1. The molecule has 2 aliphatic rings. The number of H-pyrrole nitrogens is 2. The first-order valence-electron chi connectivity index (χ1n) is 19.6. The number of hydrogen-bond acceptors (Lipinski definition) is 7. The number of aliphatic hydroxyl groups excluding tert-OH is 1. The Balaban J connectivity index is 0.940. The summed E-state index contributed by atoms with van der Waals surface area (Å²) < 4.78 is 4.77. The van der Waals surface area contributed by atoms with E-state index in [0.29, 0.717) is 18.7 Å². The second kappa shape index (κ2) is 16.1. The number of imidazole rings is 2. The summed E-state index contributed by atoms with van der Waals surface area (Å²) in [6.07, 6.45) is 5.08. The van der Waals surface area contributed by atoms with Crippen LogP contribution < -0.4 is 5.32 Å². The average Bonchev–Trinajstić information content (AvgIpc) is 4.09. The van der Waals surface area contributed by atoms with E-state index < -0.39 is 18.2 Å². The van der Waals surface area contributed by atoms with Gasteiger partial charge in [0.15, 0.2) is 6.10 Å². The van der Waals surface area contributed by atoms with Gasteiger partial charge in [-0.15, -0.1) is 0 Å². The zero-order valence-corrected chi connectivity index (χ0v) is 32.3. The number of carbonyl (C=O) groups is 3. The van der Waals surface area contributed by atoms with E-state index in [1.165, 1.54) is 7.11 Å². The van der Waals surface area contributed by atoms with Crippen LogP contribution in [0.3, 0.4) is 0 Å². The molecule has 292 valence electrons. The van der Waals surface area contributed by atoms with Crippen LogP contribution in [0.15, 0.2) is 103 Å². The minimum absolute atomic E-state index is 0.102. The molecule has 4 atom stereocenters. The van der Waals surface area contributed by atoms with Crippen molar-refractivity contribution in [1.29, 1.82) is 0 Å². The summed E-state index contributed by atoms with van der Waals surface area (Å²) in [5, 5.41) is 15.7. The molecule has 0 saturated carbocycles. The molecule has 12 nitrogen and oxygen atoms in total. The number of benzene rings is 4. The first-order chi connectivity index (χ1) is 27.7. The van der Waals surface area contributed by atoms with Crippen molar-refractivity contribution in [1.82, 2.24) is 35.1 Å². The average molecular weight is 766 g/mol. The Morgan fingerprint density at radius 2 is 1.25 bits per heavy atom. The highest BCUT2D eigenvalue weighted by molar-refractivity contribution is 5.91. The number of nitrogens with one attached hydrogen (secondary N) is 3. The van der Waals surface area contributed by atoms with Crippen LogP contribution in [0.25, 0.3) is 44.4 Å². The Kier molecular flexibility index (Phi) is 10.6. The van der Waals surface area contributed by atoms with Gasteiger partial charge in [-0.25, -0.2) is 14.8 Å². The monoisotopic (exact) mass is 765 g/mol. The number of ether oxygens (including phenoxy) is 1. The Morgan fingerprint density at radius 1 is 0.719 bits per heavy atom. The lowest BCUT2D eigenvalue weighted by Crippen LogP contribution is -2.51. The smallest absolute Gasteiger partial charge is 0.407 e. The minimum atomic E-state index is -1.20. The summed E-state index contributed by atoms with van der Waals surface area (Å²) in [5.74, 6) is 0.915. The lowest BCUT2D eigenvalue weighted by Gasteiger charge is -2.30. The number of rotatable bonds is 10. The molecule has 0 radical (unpaired) electrons. The quantitative estimate of drug-likeness (QED) is 0.111. The predicted molar refractivity (Wildman–Crippen MR) is 217 cm³/mol. The zero-order chi connectivity index (χ0) is 39.6. The summed E-state index contributed by atoms with van der Waals surface area (Å²) in [4.78, 5) is 58.7. The van der Waals surface area contributed by atoms with Gasteiger partial charge >= 0.3 is 6.09 Å². The molecule has 0 spiro atoms. The molecule has 0 bridgehead atoms. The molecular weight excluding hydrogens is 719 g/mol. The standard InChI is InChI=1S/C45H47N7O5/c1-27(2)39(50-45(56)57-3)43(54)51-21-7-11-37(51)41-47-26-36(49-41)34-20-19-32-23-31(17-18-33(32)24-34)28-13-15-29(16-14-28)35-25-46-42(48-35)38-12-8-22-52(38)44(55)40(53)30-9-5-4-6-10-30/h4-6,9-10,13-20,23-27,37-40,53H,7-8,11-12,21-22H2,1-3H3,(H,46,48)(H,47,49)(H,50,56). The third kappa shape index (κ3) is 7.65. The SMILES string of the molecule is COC(=O)NC(C(=O)N1CCCC1c1ncc(-c2ccc3cc(-c4ccc(-c5cnc(C6CCCN6C(=O)C(O)c6ccccc6)[nH]5)cc4)ccc3c2)[nH]1)C(C)C. The zero-order valence-electron chi connectivity index (χ0n) is 32.3. The van der Waals surface area contributed by atoms with Crippen molar-refractivity contribution in [2.75, 3.05) is 20.2 Å². The van der Waals surface area contributed by atoms with Crippen LogP contribution in [0.1, 0.15) is 74.9 Å². The van der Waals surface area contributed by atoms with E-state index in [4.69, 9.17) is 9.72 Å². The summed E-state index contributed by atoms with van der Waals surface area (Å²) in [5.41, 5.74) is 6.50. The molecule has 0 aliphatic carbocycles. The number of nitrogens with zero attached hydrogens (tertiary/aromatic N) is 4. The first kappa shape index (κ1) is 37.6. The van der Waals surface area contributed by atoms with E-state index in [1.54, 1.807) is 17.0 Å². The molecule has 6 aromatic rings. The molecule has 4 aromatic carbocycles. The molecule has 2 fully saturated rings. The maximum Gasteiger partial charge on any atom is 0.407 e. The molecule has 8 rings (SSSR count). The van der Waals surface area contributed by atoms with E-state index >= 15 is 0 Å². The van der Waals surface area contributed by atoms with Crippen molar-refractivity contribution in [3.8, 4) is 33.6 Å². The molecule has 3 amide bonds. The van der Waals surface area contributed by atoms with Gasteiger partial charge in [0.1, 0.15) is 17.7 Å². The van der Waals surface area contributed by atoms with E-state index in [-0.39, 0.29) is 29.8 Å². The van der Waals surface area contributed by atoms with Crippen LogP contribution in [0.2, 0.25) is 0 Å². The summed E-state index contributed by atoms with van der Waals surface area (Å²) >= 11 is 0. The maximum atomic E-state index is 13.6. The van der Waals surface area contributed by atoms with Crippen molar-refractivity contribution in [2.45, 2.75) is 63.8 Å².